The van der Waals surface area contributed by atoms with Crippen molar-refractivity contribution in [3.8, 4) is 0 Å². The lowest BCUT2D eigenvalue weighted by atomic mass is 10.1. The zero-order chi connectivity index (χ0) is 24.1. The number of hydrogen-bond donors (Lipinski definition) is 2. The Kier molecular flexibility index (Phi) is 19.6. The summed E-state index contributed by atoms with van der Waals surface area (Å²) in [4.78, 5) is 33.3. The molecule has 0 aromatic heterocycles. The van der Waals surface area contributed by atoms with Crippen molar-refractivity contribution in [3.63, 3.8) is 0 Å². The number of carbonyl (C=O) groups excluding carboxylic acids is 2. The van der Waals surface area contributed by atoms with E-state index in [1.54, 1.807) is 0 Å². The van der Waals surface area contributed by atoms with E-state index in [9.17, 15) is 19.0 Å². The highest BCUT2D eigenvalue weighted by molar-refractivity contribution is 7.47. The highest BCUT2D eigenvalue weighted by atomic mass is 31.2. The summed E-state index contributed by atoms with van der Waals surface area (Å²) in [5, 5.41) is 0. The zero-order valence-electron chi connectivity index (χ0n) is 19.7. The van der Waals surface area contributed by atoms with Crippen LogP contribution in [0.2, 0.25) is 0 Å². The molecule has 32 heavy (non-hydrogen) atoms. The van der Waals surface area contributed by atoms with Gasteiger partial charge in [-0.1, -0.05) is 51.7 Å². The Labute approximate surface area is 192 Å². The van der Waals surface area contributed by atoms with Crippen molar-refractivity contribution >= 4 is 19.8 Å². The van der Waals surface area contributed by atoms with E-state index >= 15 is 0 Å². The number of allylic oxidation sites excluding steroid dienone is 2. The summed E-state index contributed by atoms with van der Waals surface area (Å²) in [6.07, 6.45) is 12.8. The number of hydrogen-bond acceptors (Lipinski definition) is 8. The van der Waals surface area contributed by atoms with Gasteiger partial charge in [0.25, 0.3) is 0 Å². The molecule has 0 aliphatic heterocycles. The molecule has 2 unspecified atom stereocenters. The average Bonchev–Trinajstić information content (AvgIpc) is 2.75. The van der Waals surface area contributed by atoms with Crippen LogP contribution >= 0.6 is 7.82 Å². The van der Waals surface area contributed by atoms with Crippen LogP contribution in [0.25, 0.3) is 0 Å². The average molecular weight is 480 g/mol. The van der Waals surface area contributed by atoms with Crippen molar-refractivity contribution in [2.45, 2.75) is 90.6 Å². The van der Waals surface area contributed by atoms with E-state index in [-0.39, 0.29) is 32.6 Å². The van der Waals surface area contributed by atoms with Gasteiger partial charge in [-0.2, -0.15) is 0 Å². The molecule has 0 fully saturated rings. The number of unbranched alkanes of at least 4 members (excludes halogenated alkanes) is 6. The van der Waals surface area contributed by atoms with Crippen molar-refractivity contribution in [2.24, 2.45) is 5.73 Å². The molecule has 2 atom stereocenters. The van der Waals surface area contributed by atoms with Crippen LogP contribution in [0.15, 0.2) is 12.2 Å². The van der Waals surface area contributed by atoms with E-state index in [1.165, 1.54) is 6.42 Å². The van der Waals surface area contributed by atoms with Crippen molar-refractivity contribution in [1.82, 2.24) is 0 Å². The number of rotatable bonds is 21. The maximum atomic E-state index is 12.1. The van der Waals surface area contributed by atoms with Crippen LogP contribution in [0.5, 0.6) is 0 Å². The van der Waals surface area contributed by atoms with Gasteiger partial charge in [-0.05, 0) is 32.1 Å². The van der Waals surface area contributed by atoms with E-state index in [0.717, 1.165) is 38.5 Å². The topological polar surface area (TPSA) is 134 Å². The third-order valence-corrected chi connectivity index (χ3v) is 5.34. The maximum Gasteiger partial charge on any atom is 0.472 e. The Morgan fingerprint density at radius 2 is 1.59 bits per heavy atom. The molecule has 0 bridgehead atoms. The molecule has 0 saturated carbocycles. The summed E-state index contributed by atoms with van der Waals surface area (Å²) in [6.45, 7) is 3.20. The molecule has 0 aliphatic rings. The molecule has 3 N–H and O–H groups in total. The van der Waals surface area contributed by atoms with Crippen LogP contribution in [0.4, 0.5) is 0 Å². The van der Waals surface area contributed by atoms with E-state index in [0.29, 0.717) is 12.8 Å². The summed E-state index contributed by atoms with van der Waals surface area (Å²) in [7, 11) is -4.33. The summed E-state index contributed by atoms with van der Waals surface area (Å²) in [5.41, 5.74) is 5.23. The quantitative estimate of drug-likeness (QED) is 0.106. The first-order valence-electron chi connectivity index (χ1n) is 11.7. The number of carbonyl (C=O) groups is 2. The molecule has 0 aromatic carbocycles. The summed E-state index contributed by atoms with van der Waals surface area (Å²) in [5.74, 6) is -0.909. The van der Waals surface area contributed by atoms with Crippen LogP contribution in [0.3, 0.4) is 0 Å². The van der Waals surface area contributed by atoms with Crippen LogP contribution in [0, 0.1) is 0 Å². The lowest BCUT2D eigenvalue weighted by Crippen LogP contribution is -2.29. The van der Waals surface area contributed by atoms with Gasteiger partial charge in [-0.3, -0.25) is 18.6 Å². The minimum atomic E-state index is -4.33. The van der Waals surface area contributed by atoms with Crippen LogP contribution in [-0.4, -0.2) is 49.3 Å². The van der Waals surface area contributed by atoms with Crippen LogP contribution in [-0.2, 0) is 32.7 Å². The monoisotopic (exact) mass is 479 g/mol. The second-order valence-corrected chi connectivity index (χ2v) is 8.95. The van der Waals surface area contributed by atoms with E-state index < -0.39 is 32.5 Å². The molecular formula is C22H42NO8P. The first-order chi connectivity index (χ1) is 15.3. The van der Waals surface area contributed by atoms with Crippen LogP contribution < -0.4 is 5.73 Å². The Bertz CT molecular complexity index is 570. The third-order valence-electron chi connectivity index (χ3n) is 4.35. The minimum absolute atomic E-state index is 0.0521. The summed E-state index contributed by atoms with van der Waals surface area (Å²) in [6, 6.07) is 0. The van der Waals surface area contributed by atoms with Gasteiger partial charge in [-0.25, -0.2) is 4.57 Å². The molecular weight excluding hydrogens is 437 g/mol. The van der Waals surface area contributed by atoms with E-state index in [4.69, 9.17) is 19.7 Å². The molecule has 0 radical (unpaired) electrons. The highest BCUT2D eigenvalue weighted by Gasteiger charge is 2.25. The number of phosphoric ester groups is 1. The number of phosphoric acid groups is 1. The standard InChI is InChI=1S/C22H42NO8P/c1-3-5-6-7-8-9-10-11-12-13-15-22(25)31-20(18-28-21(24)14-4-2)19-30-32(26,27)29-17-16-23/h6-7,20H,3-5,8-19,23H2,1-2H3,(H,26,27)/b7-6-. The first-order valence-corrected chi connectivity index (χ1v) is 13.2. The first kappa shape index (κ1) is 30.8. The molecule has 0 spiro atoms. The zero-order valence-corrected chi connectivity index (χ0v) is 20.6. The van der Waals surface area contributed by atoms with Crippen molar-refractivity contribution in [1.29, 1.82) is 0 Å². The SMILES string of the molecule is CCC/C=C\CCCCCCCC(=O)OC(COC(=O)CCC)COP(=O)(O)OCCN. The molecule has 0 aliphatic carbocycles. The summed E-state index contributed by atoms with van der Waals surface area (Å²) >= 11 is 0. The molecule has 9 nitrogen and oxygen atoms in total. The predicted octanol–water partition coefficient (Wildman–Crippen LogP) is 4.42. The lowest BCUT2D eigenvalue weighted by molar-refractivity contribution is -0.161. The normalized spacial score (nSPS) is 14.2. The molecule has 10 heteroatoms. The van der Waals surface area contributed by atoms with Crippen molar-refractivity contribution in [2.75, 3.05) is 26.4 Å². The number of ether oxygens (including phenoxy) is 2. The van der Waals surface area contributed by atoms with Crippen molar-refractivity contribution < 1.29 is 37.6 Å². The largest absolute Gasteiger partial charge is 0.472 e. The molecule has 0 saturated heterocycles. The fraction of sp³-hybridized carbons (Fsp3) is 0.818. The van der Waals surface area contributed by atoms with Crippen molar-refractivity contribution in [3.05, 3.63) is 12.2 Å². The smallest absolute Gasteiger partial charge is 0.462 e. The van der Waals surface area contributed by atoms with Gasteiger partial charge in [-0.15, -0.1) is 0 Å². The Hall–Kier alpha value is -1.25. The van der Waals surface area contributed by atoms with Gasteiger partial charge >= 0.3 is 19.8 Å². The molecule has 0 rings (SSSR count). The van der Waals surface area contributed by atoms with Gasteiger partial charge in [0.15, 0.2) is 6.10 Å². The Morgan fingerprint density at radius 3 is 2.28 bits per heavy atom. The Morgan fingerprint density at radius 1 is 0.906 bits per heavy atom. The fourth-order valence-corrected chi connectivity index (χ4v) is 3.44. The van der Waals surface area contributed by atoms with Gasteiger partial charge < -0.3 is 20.1 Å². The molecule has 0 aromatic rings. The van der Waals surface area contributed by atoms with Gasteiger partial charge in [0.1, 0.15) is 6.61 Å². The minimum Gasteiger partial charge on any atom is -0.462 e. The second kappa shape index (κ2) is 20.4. The number of esters is 2. The van der Waals surface area contributed by atoms with Crippen LogP contribution in [0.1, 0.15) is 84.5 Å². The third kappa shape index (κ3) is 19.4. The van der Waals surface area contributed by atoms with Gasteiger partial charge in [0, 0.05) is 19.4 Å². The molecule has 188 valence electrons. The van der Waals surface area contributed by atoms with Gasteiger partial charge in [0.05, 0.1) is 13.2 Å². The van der Waals surface area contributed by atoms with E-state index in [2.05, 4.69) is 23.6 Å². The summed E-state index contributed by atoms with van der Waals surface area (Å²) < 4.78 is 31.6. The maximum absolute atomic E-state index is 12.1. The second-order valence-electron chi connectivity index (χ2n) is 7.50. The lowest BCUT2D eigenvalue weighted by Gasteiger charge is -2.19. The molecule has 0 amide bonds. The fourth-order valence-electron chi connectivity index (χ4n) is 2.67. The predicted molar refractivity (Wildman–Crippen MR) is 123 cm³/mol. The van der Waals surface area contributed by atoms with Gasteiger partial charge in [0.2, 0.25) is 0 Å². The molecule has 0 heterocycles. The Balaban J connectivity index is 4.29. The van der Waals surface area contributed by atoms with E-state index in [1.807, 2.05) is 6.92 Å². The number of nitrogens with two attached hydrogens (primary N) is 1. The highest BCUT2D eigenvalue weighted by Crippen LogP contribution is 2.43.